The molecule has 1 aromatic rings. The van der Waals surface area contributed by atoms with Crippen molar-refractivity contribution in [3.8, 4) is 0 Å². The summed E-state index contributed by atoms with van der Waals surface area (Å²) in [5.41, 5.74) is 0.424. The minimum atomic E-state index is -3.57. The number of sulfonamides is 1. The largest absolute Gasteiger partial charge is 0.478 e. The Morgan fingerprint density at radius 1 is 1.25 bits per heavy atom. The summed E-state index contributed by atoms with van der Waals surface area (Å²) in [5, 5.41) is 11.3. The number of hydrogen-bond donors (Lipinski definition) is 3. The van der Waals surface area contributed by atoms with Crippen molar-refractivity contribution in [1.82, 2.24) is 10.0 Å². The van der Waals surface area contributed by atoms with Gasteiger partial charge >= 0.3 is 5.97 Å². The van der Waals surface area contributed by atoms with Crippen LogP contribution in [0.2, 0.25) is 0 Å². The average molecular weight is 300 g/mol. The number of carbonyl (C=O) groups excluding carboxylic acids is 1. The summed E-state index contributed by atoms with van der Waals surface area (Å²) in [5.74, 6) is -1.66. The molecular formula is C12H16N2O5S. The number of amides is 1. The Morgan fingerprint density at radius 3 is 2.55 bits per heavy atom. The van der Waals surface area contributed by atoms with Gasteiger partial charge in [0.1, 0.15) is 0 Å². The van der Waals surface area contributed by atoms with Crippen LogP contribution in [-0.4, -0.2) is 38.5 Å². The van der Waals surface area contributed by atoms with E-state index in [4.69, 9.17) is 5.11 Å². The highest BCUT2D eigenvalue weighted by atomic mass is 32.2. The maximum absolute atomic E-state index is 11.8. The normalized spacial score (nSPS) is 11.1. The summed E-state index contributed by atoms with van der Waals surface area (Å²) in [6, 6.07) is 5.74. The summed E-state index contributed by atoms with van der Waals surface area (Å²) in [4.78, 5) is 21.4. The van der Waals surface area contributed by atoms with Gasteiger partial charge in [-0.15, -0.1) is 0 Å². The number of carboxylic acid groups (broad SMARTS) is 1. The van der Waals surface area contributed by atoms with Crippen molar-refractivity contribution in [3.63, 3.8) is 0 Å². The number of aromatic carboxylic acids is 1. The van der Waals surface area contributed by atoms with Crippen LogP contribution < -0.4 is 10.0 Å². The van der Waals surface area contributed by atoms with Crippen molar-refractivity contribution in [2.24, 2.45) is 0 Å². The monoisotopic (exact) mass is 300 g/mol. The summed E-state index contributed by atoms with van der Waals surface area (Å²) in [6.45, 7) is 1.62. The molecule has 0 aliphatic heterocycles. The molecule has 0 heterocycles. The molecule has 0 radical (unpaired) electrons. The highest BCUT2D eigenvalue weighted by Gasteiger charge is 2.12. The third-order valence-corrected chi connectivity index (χ3v) is 3.71. The fraction of sp³-hybridized carbons (Fsp3) is 0.333. The van der Waals surface area contributed by atoms with Crippen molar-refractivity contribution in [3.05, 3.63) is 35.4 Å². The lowest BCUT2D eigenvalue weighted by Crippen LogP contribution is -2.34. The molecule has 0 aliphatic rings. The van der Waals surface area contributed by atoms with Gasteiger partial charge in [-0.3, -0.25) is 4.79 Å². The van der Waals surface area contributed by atoms with Gasteiger partial charge in [0.05, 0.1) is 11.3 Å². The Hall–Kier alpha value is -1.93. The number of hydrogen-bond acceptors (Lipinski definition) is 4. The first kappa shape index (κ1) is 16.1. The van der Waals surface area contributed by atoms with E-state index >= 15 is 0 Å². The van der Waals surface area contributed by atoms with Crippen LogP contribution in [0.5, 0.6) is 0 Å². The van der Waals surface area contributed by atoms with Crippen LogP contribution in [0.4, 0.5) is 0 Å². The molecule has 1 aromatic carbocycles. The Bertz CT molecular complexity index is 598. The van der Waals surface area contributed by atoms with Crippen LogP contribution in [0.3, 0.4) is 0 Å². The van der Waals surface area contributed by atoms with Crippen molar-refractivity contribution >= 4 is 21.9 Å². The SMILES string of the molecule is CC(=O)NCCNS(=O)(=O)Cc1cccc(C(=O)O)c1. The first-order valence-electron chi connectivity index (χ1n) is 5.84. The lowest BCUT2D eigenvalue weighted by atomic mass is 10.1. The van der Waals surface area contributed by atoms with Crippen LogP contribution in [0.1, 0.15) is 22.8 Å². The van der Waals surface area contributed by atoms with Gasteiger partial charge in [-0.05, 0) is 17.7 Å². The van der Waals surface area contributed by atoms with E-state index in [0.29, 0.717) is 5.56 Å². The molecule has 110 valence electrons. The summed E-state index contributed by atoms with van der Waals surface area (Å²) >= 11 is 0. The Labute approximate surface area is 117 Å². The molecule has 0 bridgehead atoms. The van der Waals surface area contributed by atoms with E-state index < -0.39 is 16.0 Å². The molecule has 3 N–H and O–H groups in total. The van der Waals surface area contributed by atoms with E-state index in [1.54, 1.807) is 6.07 Å². The smallest absolute Gasteiger partial charge is 0.335 e. The maximum Gasteiger partial charge on any atom is 0.335 e. The lowest BCUT2D eigenvalue weighted by Gasteiger charge is -2.07. The van der Waals surface area contributed by atoms with E-state index in [1.165, 1.54) is 25.1 Å². The summed E-state index contributed by atoms with van der Waals surface area (Å²) in [6.07, 6.45) is 0. The predicted molar refractivity (Wildman–Crippen MR) is 72.7 cm³/mol. The molecule has 1 amide bonds. The van der Waals surface area contributed by atoms with Gasteiger partial charge in [0.25, 0.3) is 0 Å². The van der Waals surface area contributed by atoms with E-state index in [-0.39, 0.29) is 30.3 Å². The van der Waals surface area contributed by atoms with Crippen LogP contribution in [0.25, 0.3) is 0 Å². The Kier molecular flexibility index (Phi) is 5.66. The topological polar surface area (TPSA) is 113 Å². The molecule has 0 unspecified atom stereocenters. The predicted octanol–water partition coefficient (Wildman–Crippen LogP) is -0.0597. The molecule has 0 saturated heterocycles. The second-order valence-electron chi connectivity index (χ2n) is 4.14. The first-order chi connectivity index (χ1) is 9.30. The van der Waals surface area contributed by atoms with Crippen molar-refractivity contribution in [2.75, 3.05) is 13.1 Å². The van der Waals surface area contributed by atoms with Gasteiger partial charge in [-0.2, -0.15) is 0 Å². The van der Waals surface area contributed by atoms with Crippen molar-refractivity contribution in [2.45, 2.75) is 12.7 Å². The number of benzene rings is 1. The molecule has 0 aliphatic carbocycles. The molecular weight excluding hydrogens is 284 g/mol. The number of nitrogens with one attached hydrogen (secondary N) is 2. The Balaban J connectivity index is 2.60. The molecule has 20 heavy (non-hydrogen) atoms. The average Bonchev–Trinajstić information content (AvgIpc) is 2.34. The van der Waals surface area contributed by atoms with Crippen LogP contribution in [0, 0.1) is 0 Å². The van der Waals surface area contributed by atoms with Gasteiger partial charge in [-0.25, -0.2) is 17.9 Å². The van der Waals surface area contributed by atoms with Crippen molar-refractivity contribution < 1.29 is 23.1 Å². The summed E-state index contributed by atoms with van der Waals surface area (Å²) in [7, 11) is -3.57. The molecule has 7 nitrogen and oxygen atoms in total. The van der Waals surface area contributed by atoms with E-state index in [0.717, 1.165) is 0 Å². The van der Waals surface area contributed by atoms with Gasteiger partial charge in [0.2, 0.25) is 15.9 Å². The van der Waals surface area contributed by atoms with Gasteiger partial charge < -0.3 is 10.4 Å². The number of carboxylic acids is 1. The van der Waals surface area contributed by atoms with Gasteiger partial charge in [0.15, 0.2) is 0 Å². The third kappa shape index (κ3) is 5.81. The zero-order chi connectivity index (χ0) is 15.2. The highest BCUT2D eigenvalue weighted by molar-refractivity contribution is 7.88. The molecule has 0 saturated carbocycles. The quantitative estimate of drug-likeness (QED) is 0.611. The van der Waals surface area contributed by atoms with Crippen LogP contribution in [-0.2, 0) is 20.6 Å². The Morgan fingerprint density at radius 2 is 1.95 bits per heavy atom. The second kappa shape index (κ2) is 7.01. The van der Waals surface area contributed by atoms with Gasteiger partial charge in [-0.1, -0.05) is 12.1 Å². The van der Waals surface area contributed by atoms with Crippen LogP contribution in [0.15, 0.2) is 24.3 Å². The number of rotatable bonds is 7. The zero-order valence-electron chi connectivity index (χ0n) is 10.9. The first-order valence-corrected chi connectivity index (χ1v) is 7.49. The molecule has 0 fully saturated rings. The van der Waals surface area contributed by atoms with Crippen LogP contribution >= 0.6 is 0 Å². The summed E-state index contributed by atoms with van der Waals surface area (Å²) < 4.78 is 25.8. The zero-order valence-corrected chi connectivity index (χ0v) is 11.7. The minimum absolute atomic E-state index is 0.0379. The lowest BCUT2D eigenvalue weighted by molar-refractivity contribution is -0.118. The highest BCUT2D eigenvalue weighted by Crippen LogP contribution is 2.08. The van der Waals surface area contributed by atoms with E-state index in [2.05, 4.69) is 10.0 Å². The molecule has 1 rings (SSSR count). The molecule has 0 aromatic heterocycles. The molecule has 0 atom stereocenters. The standard InChI is InChI=1S/C12H16N2O5S/c1-9(15)13-5-6-14-20(18,19)8-10-3-2-4-11(7-10)12(16)17/h2-4,7,14H,5-6,8H2,1H3,(H,13,15)(H,16,17). The number of carbonyl (C=O) groups is 2. The maximum atomic E-state index is 11.8. The van der Waals surface area contributed by atoms with E-state index in [9.17, 15) is 18.0 Å². The van der Waals surface area contributed by atoms with Crippen molar-refractivity contribution in [1.29, 1.82) is 0 Å². The van der Waals surface area contributed by atoms with Gasteiger partial charge in [0, 0.05) is 20.0 Å². The second-order valence-corrected chi connectivity index (χ2v) is 5.95. The minimum Gasteiger partial charge on any atom is -0.478 e. The fourth-order valence-electron chi connectivity index (χ4n) is 1.51. The fourth-order valence-corrected chi connectivity index (χ4v) is 2.64. The third-order valence-electron chi connectivity index (χ3n) is 2.35. The van der Waals surface area contributed by atoms with E-state index in [1.807, 2.05) is 0 Å². The molecule has 8 heteroatoms. The molecule has 0 spiro atoms.